The maximum atomic E-state index is 12.0. The van der Waals surface area contributed by atoms with Gasteiger partial charge in [-0.15, -0.1) is 0 Å². The molecule has 3 heteroatoms. The first-order valence-corrected chi connectivity index (χ1v) is 7.02. The van der Waals surface area contributed by atoms with Crippen LogP contribution in [0.2, 0.25) is 5.15 Å². The summed E-state index contributed by atoms with van der Waals surface area (Å²) in [5.41, 5.74) is 2.76. The lowest BCUT2D eigenvalue weighted by Crippen LogP contribution is -2.05. The topological polar surface area (TPSA) is 30.0 Å². The average molecular weight is 295 g/mol. The van der Waals surface area contributed by atoms with Crippen LogP contribution in [-0.2, 0) is 4.79 Å². The molecule has 3 rings (SSSR count). The van der Waals surface area contributed by atoms with E-state index < -0.39 is 0 Å². The molecule has 103 valence electrons. The number of carbonyl (C=O) groups excluding carboxylic acids is 1. The number of hydrogen-bond donors (Lipinski definition) is 0. The van der Waals surface area contributed by atoms with Gasteiger partial charge in [0.2, 0.25) is 0 Å². The van der Waals surface area contributed by atoms with Crippen molar-refractivity contribution in [3.8, 4) is 0 Å². The summed E-state index contributed by atoms with van der Waals surface area (Å²) in [6.07, 6.45) is 10.5. The normalized spacial score (nSPS) is 16.1. The summed E-state index contributed by atoms with van der Waals surface area (Å²) >= 11 is 6.18. The van der Waals surface area contributed by atoms with Gasteiger partial charge in [0.25, 0.3) is 0 Å². The van der Waals surface area contributed by atoms with Crippen LogP contribution >= 0.6 is 11.6 Å². The molecule has 1 aliphatic rings. The van der Waals surface area contributed by atoms with E-state index in [1.165, 1.54) is 6.08 Å². The Morgan fingerprint density at radius 2 is 1.95 bits per heavy atom. The highest BCUT2D eigenvalue weighted by atomic mass is 35.5. The minimum atomic E-state index is -0.0413. The summed E-state index contributed by atoms with van der Waals surface area (Å²) in [4.78, 5) is 16.3. The Morgan fingerprint density at radius 1 is 1.19 bits per heavy atom. The second kappa shape index (κ2) is 5.98. The van der Waals surface area contributed by atoms with Crippen molar-refractivity contribution in [1.82, 2.24) is 4.98 Å². The first-order chi connectivity index (χ1) is 10.1. The van der Waals surface area contributed by atoms with Gasteiger partial charge in [0, 0.05) is 10.9 Å². The molecule has 21 heavy (non-hydrogen) atoms. The van der Waals surface area contributed by atoms with Crippen LogP contribution < -0.4 is 0 Å². The Morgan fingerprint density at radius 3 is 2.71 bits per heavy atom. The Kier molecular flexibility index (Phi) is 4.07. The second-order valence-electron chi connectivity index (χ2n) is 4.94. The van der Waals surface area contributed by atoms with E-state index in [9.17, 15) is 4.79 Å². The van der Waals surface area contributed by atoms with E-state index in [-0.39, 0.29) is 5.78 Å². The maximum Gasteiger partial charge on any atom is 0.163 e. The third-order valence-corrected chi connectivity index (χ3v) is 3.62. The van der Waals surface area contributed by atoms with Crippen LogP contribution in [-0.4, -0.2) is 10.8 Å². The van der Waals surface area contributed by atoms with Gasteiger partial charge in [-0.1, -0.05) is 23.2 Å². The highest BCUT2D eigenvalue weighted by Crippen LogP contribution is 2.26. The lowest BCUT2D eigenvalue weighted by Gasteiger charge is -2.04. The van der Waals surface area contributed by atoms with Crippen LogP contribution in [0.15, 0.2) is 30.3 Å². The summed E-state index contributed by atoms with van der Waals surface area (Å²) in [7, 11) is 0. The molecule has 2 aromatic rings. The fourth-order valence-electron chi connectivity index (χ4n) is 2.21. The number of benzene rings is 1. The van der Waals surface area contributed by atoms with E-state index in [0.29, 0.717) is 11.1 Å². The molecule has 0 spiro atoms. The quantitative estimate of drug-likeness (QED) is 0.628. The summed E-state index contributed by atoms with van der Waals surface area (Å²) in [6, 6.07) is 7.95. The summed E-state index contributed by atoms with van der Waals surface area (Å²) in [5.74, 6) is 0.632. The van der Waals surface area contributed by atoms with Crippen molar-refractivity contribution in [1.29, 1.82) is 0 Å². The zero-order chi connectivity index (χ0) is 14.8. The fraction of sp³-hybridized carbons (Fsp3) is 0.0556. The van der Waals surface area contributed by atoms with Gasteiger partial charge in [-0.05, 0) is 63.0 Å². The molecule has 1 saturated carbocycles. The first kappa shape index (κ1) is 14.3. The van der Waals surface area contributed by atoms with Gasteiger partial charge < -0.3 is 0 Å². The lowest BCUT2D eigenvalue weighted by molar-refractivity contribution is -0.112. The van der Waals surface area contributed by atoms with E-state index in [1.54, 1.807) is 18.9 Å². The predicted molar refractivity (Wildman–Crippen MR) is 86.0 cm³/mol. The number of halogens is 1. The number of pyridine rings is 1. The fourth-order valence-corrected chi connectivity index (χ4v) is 2.41. The first-order valence-electron chi connectivity index (χ1n) is 6.64. The molecule has 0 N–H and O–H groups in total. The minimum absolute atomic E-state index is 0.0413. The second-order valence-corrected chi connectivity index (χ2v) is 5.29. The van der Waals surface area contributed by atoms with Gasteiger partial charge in [-0.25, -0.2) is 4.98 Å². The lowest BCUT2D eigenvalue weighted by atomic mass is 10.0. The van der Waals surface area contributed by atoms with E-state index in [4.69, 9.17) is 11.6 Å². The summed E-state index contributed by atoms with van der Waals surface area (Å²) in [5, 5.41) is 1.41. The number of hydrogen-bond acceptors (Lipinski definition) is 2. The number of aromatic nitrogens is 1. The molecule has 0 bridgehead atoms. The molecule has 1 aliphatic carbocycles. The molecule has 0 atom stereocenters. The van der Waals surface area contributed by atoms with Crippen molar-refractivity contribution in [3.63, 3.8) is 0 Å². The van der Waals surface area contributed by atoms with Crippen LogP contribution in [0.5, 0.6) is 0 Å². The monoisotopic (exact) mass is 294 g/mol. The summed E-state index contributed by atoms with van der Waals surface area (Å²) < 4.78 is 0. The number of aryl methyl sites for hydroxylation is 1. The number of carbonyl (C=O) groups is 1. The van der Waals surface area contributed by atoms with Crippen molar-refractivity contribution in [2.45, 2.75) is 6.92 Å². The van der Waals surface area contributed by atoms with Gasteiger partial charge in [-0.3, -0.25) is 4.79 Å². The predicted octanol–water partition coefficient (Wildman–Crippen LogP) is 4.18. The van der Waals surface area contributed by atoms with Gasteiger partial charge >= 0.3 is 0 Å². The molecule has 2 nitrogen and oxygen atoms in total. The van der Waals surface area contributed by atoms with Crippen molar-refractivity contribution in [2.75, 3.05) is 0 Å². The van der Waals surface area contributed by atoms with E-state index in [2.05, 4.69) is 11.1 Å². The minimum Gasteiger partial charge on any atom is -0.294 e. The average Bonchev–Trinajstić information content (AvgIpc) is 2.99. The van der Waals surface area contributed by atoms with Crippen LogP contribution in [0.3, 0.4) is 0 Å². The van der Waals surface area contributed by atoms with E-state index in [0.717, 1.165) is 22.0 Å². The van der Waals surface area contributed by atoms with Crippen molar-refractivity contribution >= 4 is 34.4 Å². The Balaban J connectivity index is 1.88. The number of allylic oxidation sites excluding steroid dienone is 1. The third-order valence-electron chi connectivity index (χ3n) is 3.31. The molecule has 1 aromatic heterocycles. The highest BCUT2D eigenvalue weighted by Gasteiger charge is 2.22. The van der Waals surface area contributed by atoms with Crippen LogP contribution in [0.25, 0.3) is 17.0 Å². The maximum absolute atomic E-state index is 12.0. The standard InChI is InChI=1S/C18H13ClNO/c1-12-6-8-16-15(10-12)11-14(18(19)20-16)7-9-17(21)13-4-2-3-5-13/h2-11H,1H3/b9-7+. The van der Waals surface area contributed by atoms with Crippen LogP contribution in [0.4, 0.5) is 0 Å². The van der Waals surface area contributed by atoms with Crippen molar-refractivity contribution in [3.05, 3.63) is 78.2 Å². The number of ketones is 1. The van der Waals surface area contributed by atoms with Gasteiger partial charge in [0.05, 0.1) is 11.4 Å². The molecule has 0 aliphatic heterocycles. The zero-order valence-corrected chi connectivity index (χ0v) is 12.3. The van der Waals surface area contributed by atoms with Crippen molar-refractivity contribution < 1.29 is 4.79 Å². The Labute approximate surface area is 129 Å². The highest BCUT2D eigenvalue weighted by molar-refractivity contribution is 6.31. The smallest absolute Gasteiger partial charge is 0.163 e. The molecule has 1 heterocycles. The van der Waals surface area contributed by atoms with E-state index >= 15 is 0 Å². The molecular formula is C18H13ClNO. The molecule has 0 unspecified atom stereocenters. The van der Waals surface area contributed by atoms with Crippen LogP contribution in [0, 0.1) is 38.5 Å². The van der Waals surface area contributed by atoms with Crippen LogP contribution in [0.1, 0.15) is 11.1 Å². The van der Waals surface area contributed by atoms with Gasteiger partial charge in [0.1, 0.15) is 5.15 Å². The molecule has 5 radical (unpaired) electrons. The Hall–Kier alpha value is -1.67. The molecule has 0 amide bonds. The SMILES string of the molecule is Cc1ccc2nc(Cl)c(/C=C/C(=O)[C]3[CH][CH][CH][CH]3)cc2c1. The third kappa shape index (κ3) is 3.16. The molecular weight excluding hydrogens is 282 g/mol. The zero-order valence-electron chi connectivity index (χ0n) is 11.5. The number of rotatable bonds is 3. The van der Waals surface area contributed by atoms with Gasteiger partial charge in [-0.2, -0.15) is 0 Å². The largest absolute Gasteiger partial charge is 0.294 e. The van der Waals surface area contributed by atoms with Crippen molar-refractivity contribution in [2.24, 2.45) is 0 Å². The number of fused-ring (bicyclic) bond motifs is 1. The van der Waals surface area contributed by atoms with E-state index in [1.807, 2.05) is 38.0 Å². The Bertz CT molecular complexity index is 714. The number of nitrogens with zero attached hydrogens (tertiary/aromatic N) is 1. The van der Waals surface area contributed by atoms with Gasteiger partial charge in [0.15, 0.2) is 5.78 Å². The molecule has 1 fully saturated rings. The molecule has 0 saturated heterocycles. The molecule has 1 aromatic carbocycles. The summed E-state index contributed by atoms with van der Waals surface area (Å²) in [6.45, 7) is 2.03.